The summed E-state index contributed by atoms with van der Waals surface area (Å²) in [6.07, 6.45) is 3.30. The Morgan fingerprint density at radius 3 is 1.46 bits per heavy atom. The van der Waals surface area contributed by atoms with Gasteiger partial charge in [0.05, 0.1) is 47.0 Å². The van der Waals surface area contributed by atoms with Gasteiger partial charge >= 0.3 is 6.18 Å². The molecule has 12 rings (SSSR count). The minimum absolute atomic E-state index is 0. The van der Waals surface area contributed by atoms with Crippen molar-refractivity contribution in [2.24, 2.45) is 28.9 Å². The molecule has 442 valence electrons. The summed E-state index contributed by atoms with van der Waals surface area (Å²) in [4.78, 5) is 31.9. The molecule has 0 radical (unpaired) electrons. The number of piperidine rings is 2. The highest BCUT2D eigenvalue weighted by Crippen LogP contribution is 2.41. The number of rotatable bonds is 13. The Labute approximate surface area is 482 Å². The van der Waals surface area contributed by atoms with Gasteiger partial charge in [0.25, 0.3) is 0 Å². The zero-order valence-corrected chi connectivity index (χ0v) is 45.6. The van der Waals surface area contributed by atoms with E-state index in [0.717, 1.165) is 36.8 Å². The number of aliphatic hydroxyl groups is 2. The molecule has 4 atom stereocenters. The summed E-state index contributed by atoms with van der Waals surface area (Å²) in [7, 11) is 0. The normalized spacial score (nSPS) is 18.7. The van der Waals surface area contributed by atoms with Crippen molar-refractivity contribution in [3.63, 3.8) is 0 Å². The smallest absolute Gasteiger partial charge is 0.393 e. The van der Waals surface area contributed by atoms with Crippen molar-refractivity contribution in [3.8, 4) is 46.3 Å². The number of halogens is 5. The second-order valence-electron chi connectivity index (χ2n) is 21.7. The number of alkyl halides is 3. The molecule has 0 spiro atoms. The van der Waals surface area contributed by atoms with Crippen LogP contribution >= 0.6 is 0 Å². The molecule has 9 aromatic rings. The number of hydrogen-bond donors (Lipinski definition) is 6. The predicted octanol–water partition coefficient (Wildman–Crippen LogP) is 10.6. The first-order valence-corrected chi connectivity index (χ1v) is 27.4. The van der Waals surface area contributed by atoms with Crippen LogP contribution in [0.4, 0.5) is 39.4 Å². The lowest BCUT2D eigenvalue weighted by Crippen LogP contribution is -2.60. The fourth-order valence-electron chi connectivity index (χ4n) is 11.4. The Balaban J connectivity index is 0.000000277. The molecule has 3 aliphatic heterocycles. The minimum Gasteiger partial charge on any atom is -0.393 e. The number of aromatic nitrogens is 12. The van der Waals surface area contributed by atoms with E-state index in [1.54, 1.807) is 48.8 Å². The Morgan fingerprint density at radius 2 is 1.05 bits per heavy atom. The molecule has 4 unspecified atom stereocenters. The van der Waals surface area contributed by atoms with Crippen molar-refractivity contribution in [1.82, 2.24) is 60.5 Å². The van der Waals surface area contributed by atoms with Gasteiger partial charge in [0.2, 0.25) is 0 Å². The van der Waals surface area contributed by atoms with Gasteiger partial charge in [0.15, 0.2) is 28.6 Å². The van der Waals surface area contributed by atoms with Crippen molar-refractivity contribution < 1.29 is 40.7 Å². The maximum Gasteiger partial charge on any atom is 0.418 e. The highest BCUT2D eigenvalue weighted by molar-refractivity contribution is 5.92. The van der Waals surface area contributed by atoms with Crippen LogP contribution in [0.1, 0.15) is 72.9 Å². The lowest BCUT2D eigenvalue weighted by atomic mass is 9.73. The third kappa shape index (κ3) is 12.5. The molecule has 3 aliphatic rings. The molecule has 0 saturated carbocycles. The van der Waals surface area contributed by atoms with E-state index in [9.17, 15) is 32.2 Å². The maximum absolute atomic E-state index is 14.5. The van der Waals surface area contributed by atoms with Crippen LogP contribution in [0.15, 0.2) is 91.4 Å². The van der Waals surface area contributed by atoms with Gasteiger partial charge in [0, 0.05) is 119 Å². The monoisotopic (exact) mass is 1150 g/mol. The summed E-state index contributed by atoms with van der Waals surface area (Å²) in [5.41, 5.74) is 8.11. The number of nitriles is 2. The van der Waals surface area contributed by atoms with Crippen LogP contribution in [0.25, 0.3) is 67.3 Å². The number of pyridine rings is 6. The van der Waals surface area contributed by atoms with Crippen molar-refractivity contribution in [1.29, 1.82) is 10.5 Å². The van der Waals surface area contributed by atoms with Crippen LogP contribution in [0, 0.1) is 57.5 Å². The summed E-state index contributed by atoms with van der Waals surface area (Å²) in [5.74, 6) is 1.45. The van der Waals surface area contributed by atoms with E-state index < -0.39 is 29.8 Å². The number of nitrogens with one attached hydrogen (secondary N) is 3. The van der Waals surface area contributed by atoms with Gasteiger partial charge in [-0.1, -0.05) is 13.8 Å². The highest BCUT2D eigenvalue weighted by atomic mass is 19.4. The Kier molecular flexibility index (Phi) is 17.1. The first-order chi connectivity index (χ1) is 40.1. The summed E-state index contributed by atoms with van der Waals surface area (Å²) in [6.45, 7) is 8.90. The van der Waals surface area contributed by atoms with E-state index in [2.05, 4.69) is 91.4 Å². The predicted molar refractivity (Wildman–Crippen MR) is 314 cm³/mol. The number of aromatic amines is 3. The highest BCUT2D eigenvalue weighted by Gasteiger charge is 2.43. The van der Waals surface area contributed by atoms with Crippen molar-refractivity contribution in [3.05, 3.63) is 109 Å². The number of hydrogen-bond acceptors (Lipinski definition) is 17. The fourth-order valence-corrected chi connectivity index (χ4v) is 11.4. The quantitative estimate of drug-likeness (QED) is 0.0585. The van der Waals surface area contributed by atoms with Gasteiger partial charge in [-0.3, -0.25) is 15.3 Å². The van der Waals surface area contributed by atoms with Crippen molar-refractivity contribution in [2.45, 2.75) is 77.2 Å². The summed E-state index contributed by atoms with van der Waals surface area (Å²) < 4.78 is 70.1. The largest absolute Gasteiger partial charge is 0.418 e. The van der Waals surface area contributed by atoms with E-state index >= 15 is 0 Å². The van der Waals surface area contributed by atoms with Gasteiger partial charge in [0.1, 0.15) is 34.5 Å². The number of aliphatic hydroxyl groups excluding tert-OH is 2. The van der Waals surface area contributed by atoms with E-state index in [1.807, 2.05) is 21.9 Å². The zero-order valence-electron chi connectivity index (χ0n) is 45.6. The molecule has 0 amide bonds. The summed E-state index contributed by atoms with van der Waals surface area (Å²) in [6, 6.07) is 23.3. The standard InChI is InChI=1S/C20H19F3N6O.C19H19FN6O.C19H23FN6.6H2/c21-20(22,23)14-5-6-16(29-10-7-15(30)12(11-29)3-1-8-24)26-18(14)17-13-4-2-9-25-19(13)28-27-17;20-14-5-6-16(26-10-7-15(27)12(11-26)3-1-8-21)23-18(14)17-13-4-2-9-22-19(13)25-24-17;1-12(2)8-19(9-21)10-26(11-19)15-6-5-14(20)17(23-15)16-13-4-3-7-22-18(13)25-24-16;;;;;;/h2,4-6,9,12,15,30H,1,3,7,10-11H2,(H,25,27,28);2,4-6,9,12,15,27H,1,3,7,10-11H2,(H,22,24,25);3-7,12H,8-11,21H2,1-2H3,(H,22,24,25);6*1H. The molecular weight excluding hydrogens is 1080 g/mol. The Bertz CT molecular complexity index is 3820. The fraction of sp³-hybridized carbons (Fsp3) is 0.397. The molecule has 7 N–H and O–H groups in total. The number of H-pyrrole nitrogens is 3. The second-order valence-corrected chi connectivity index (χ2v) is 21.7. The molecule has 3 fully saturated rings. The average Bonchev–Trinajstić information content (AvgIpc) is 1.74. The van der Waals surface area contributed by atoms with E-state index in [1.165, 1.54) is 24.4 Å². The van der Waals surface area contributed by atoms with Gasteiger partial charge in [-0.2, -0.15) is 39.0 Å². The second kappa shape index (κ2) is 24.7. The molecule has 0 bridgehead atoms. The van der Waals surface area contributed by atoms with Crippen LogP contribution < -0.4 is 20.4 Å². The molecular formula is C58H73F5N18O2. The zero-order chi connectivity index (χ0) is 58.4. The summed E-state index contributed by atoms with van der Waals surface area (Å²) >= 11 is 0. The molecule has 83 heavy (non-hydrogen) atoms. The summed E-state index contributed by atoms with van der Waals surface area (Å²) in [5, 5.41) is 60.6. The van der Waals surface area contributed by atoms with Crippen LogP contribution in [0.5, 0.6) is 0 Å². The van der Waals surface area contributed by atoms with Gasteiger partial charge in [-0.15, -0.1) is 0 Å². The van der Waals surface area contributed by atoms with Crippen LogP contribution in [0.3, 0.4) is 0 Å². The number of fused-ring (bicyclic) bond motifs is 3. The van der Waals surface area contributed by atoms with E-state index in [-0.39, 0.29) is 54.4 Å². The first-order valence-electron chi connectivity index (χ1n) is 27.4. The third-order valence-electron chi connectivity index (χ3n) is 15.5. The van der Waals surface area contributed by atoms with Crippen LogP contribution in [0.2, 0.25) is 0 Å². The Morgan fingerprint density at radius 1 is 0.639 bits per heavy atom. The number of anilines is 3. The molecule has 20 nitrogen and oxygen atoms in total. The van der Waals surface area contributed by atoms with E-state index in [0.29, 0.717) is 128 Å². The lowest BCUT2D eigenvalue weighted by Gasteiger charge is -2.51. The third-order valence-corrected chi connectivity index (χ3v) is 15.5. The topological polar surface area (TPSA) is 287 Å². The maximum atomic E-state index is 14.5. The molecule has 3 saturated heterocycles. The lowest BCUT2D eigenvalue weighted by molar-refractivity contribution is -0.137. The van der Waals surface area contributed by atoms with Crippen molar-refractivity contribution >= 4 is 50.6 Å². The Hall–Kier alpha value is -8.78. The minimum atomic E-state index is -4.59. The SMILES string of the molecule is CC(C)CC1(CN)CN(c2ccc(F)c(-c3[nH]nc4ncccc34)n2)C1.N#CCCC1CN(c2ccc(C(F)(F)F)c(-c3[nH]nc4ncccc34)n2)CCC1O.N#CCCC1CN(c2ccc(F)c(-c3[nH]nc4ncccc34)n2)CCC1O.[HH].[HH].[HH].[HH].[HH].[HH]. The number of nitrogens with two attached hydrogens (primary N) is 1. The van der Waals surface area contributed by atoms with Crippen molar-refractivity contribution in [2.75, 3.05) is 60.5 Å². The molecule has 9 aromatic heterocycles. The molecule has 0 aromatic carbocycles. The number of nitrogens with zero attached hydrogens (tertiary/aromatic N) is 14. The van der Waals surface area contributed by atoms with Gasteiger partial charge in [-0.05, 0) is 111 Å². The molecule has 0 aliphatic carbocycles. The van der Waals surface area contributed by atoms with E-state index in [4.69, 9.17) is 16.3 Å². The first kappa shape index (κ1) is 57.5. The van der Waals surface area contributed by atoms with Crippen LogP contribution in [-0.4, -0.2) is 129 Å². The van der Waals surface area contributed by atoms with Gasteiger partial charge < -0.3 is 30.6 Å². The molecule has 12 heterocycles. The average molecular weight is 1150 g/mol. The van der Waals surface area contributed by atoms with Crippen LogP contribution in [-0.2, 0) is 6.18 Å². The van der Waals surface area contributed by atoms with Gasteiger partial charge in [-0.25, -0.2) is 38.7 Å². The molecule has 25 heteroatoms.